The Morgan fingerprint density at radius 2 is 1.42 bits per heavy atom. The molecule has 0 aliphatic carbocycles. The van der Waals surface area contributed by atoms with Crippen LogP contribution in [0.4, 0.5) is 0 Å². The van der Waals surface area contributed by atoms with Crippen LogP contribution in [0.5, 0.6) is 0 Å². The number of amides is 1. The van der Waals surface area contributed by atoms with Crippen molar-refractivity contribution in [3.05, 3.63) is 71.3 Å². The highest BCUT2D eigenvalue weighted by molar-refractivity contribution is 5.97. The summed E-state index contributed by atoms with van der Waals surface area (Å²) >= 11 is 0. The average Bonchev–Trinajstić information content (AvgIpc) is 2.70. The van der Waals surface area contributed by atoms with Gasteiger partial charge >= 0.3 is 0 Å². The molecule has 1 aliphatic rings. The Bertz CT molecular complexity index is 780. The number of carbonyl (C=O) groups is 1. The van der Waals surface area contributed by atoms with E-state index in [-0.39, 0.29) is 28.7 Å². The van der Waals surface area contributed by atoms with Gasteiger partial charge in [0.05, 0.1) is 0 Å². The van der Waals surface area contributed by atoms with Crippen molar-refractivity contribution in [2.75, 3.05) is 6.54 Å². The summed E-state index contributed by atoms with van der Waals surface area (Å²) < 4.78 is 0. The molecule has 0 saturated heterocycles. The summed E-state index contributed by atoms with van der Waals surface area (Å²) in [5.41, 5.74) is 3.19. The predicted molar refractivity (Wildman–Crippen MR) is 109 cm³/mol. The second kappa shape index (κ2) is 6.57. The van der Waals surface area contributed by atoms with E-state index in [0.29, 0.717) is 0 Å². The lowest BCUT2D eigenvalue weighted by Crippen LogP contribution is -2.47. The predicted octanol–water partition coefficient (Wildman–Crippen LogP) is 5.85. The highest BCUT2D eigenvalue weighted by Gasteiger charge is 2.43. The summed E-state index contributed by atoms with van der Waals surface area (Å²) in [5.74, 6) is 0.696. The van der Waals surface area contributed by atoms with Gasteiger partial charge in [0.1, 0.15) is 0 Å². The molecule has 1 heterocycles. The quantitative estimate of drug-likeness (QED) is 0.632. The van der Waals surface area contributed by atoms with Crippen LogP contribution in [0.25, 0.3) is 0 Å². The van der Waals surface area contributed by atoms with Gasteiger partial charge in [-0.15, -0.1) is 0 Å². The summed E-state index contributed by atoms with van der Waals surface area (Å²) in [6.45, 7) is 14.0. The first-order valence-corrected chi connectivity index (χ1v) is 9.56. The van der Waals surface area contributed by atoms with Gasteiger partial charge in [0.2, 0.25) is 0 Å². The Morgan fingerprint density at radius 3 is 2.00 bits per heavy atom. The fraction of sp³-hybridized carbons (Fsp3) is 0.458. The maximum atomic E-state index is 13.5. The van der Waals surface area contributed by atoms with Crippen LogP contribution < -0.4 is 0 Å². The van der Waals surface area contributed by atoms with E-state index in [9.17, 15) is 4.79 Å². The van der Waals surface area contributed by atoms with Crippen LogP contribution in [0.2, 0.25) is 0 Å². The van der Waals surface area contributed by atoms with Crippen molar-refractivity contribution in [3.63, 3.8) is 0 Å². The minimum atomic E-state index is -0.218. The van der Waals surface area contributed by atoms with Crippen molar-refractivity contribution in [1.82, 2.24) is 4.90 Å². The molecule has 2 aromatic carbocycles. The Kier molecular flexibility index (Phi) is 4.72. The van der Waals surface area contributed by atoms with Crippen molar-refractivity contribution in [2.45, 2.75) is 58.9 Å². The molecular weight excluding hydrogens is 318 g/mol. The molecule has 0 fully saturated rings. The molecule has 2 aromatic rings. The SMILES string of the molecule is CC(C)(C)C1c2ccccc2C(=O)N(C(C)(C)C)CC1c1ccccc1. The molecule has 0 saturated carbocycles. The molecule has 0 bridgehead atoms. The molecular formula is C24H31NO. The fourth-order valence-electron chi connectivity index (χ4n) is 4.36. The summed E-state index contributed by atoms with van der Waals surface area (Å²) in [5, 5.41) is 0. The van der Waals surface area contributed by atoms with Gasteiger partial charge in [0.15, 0.2) is 0 Å². The second-order valence-electron chi connectivity index (χ2n) is 9.53. The first-order valence-electron chi connectivity index (χ1n) is 9.56. The fourth-order valence-corrected chi connectivity index (χ4v) is 4.36. The molecule has 0 aromatic heterocycles. The summed E-state index contributed by atoms with van der Waals surface area (Å²) in [6, 6.07) is 18.9. The Morgan fingerprint density at radius 1 is 0.846 bits per heavy atom. The van der Waals surface area contributed by atoms with Crippen LogP contribution >= 0.6 is 0 Å². The Labute approximate surface area is 158 Å². The highest BCUT2D eigenvalue weighted by atomic mass is 16.2. The van der Waals surface area contributed by atoms with Gasteiger partial charge in [-0.3, -0.25) is 4.79 Å². The van der Waals surface area contributed by atoms with E-state index < -0.39 is 0 Å². The zero-order chi connectivity index (χ0) is 19.1. The standard InChI is InChI=1S/C24H31NO/c1-23(2,3)21-18-14-10-11-15-19(18)22(26)25(24(4,5)6)16-20(21)17-12-8-7-9-13-17/h7-15,20-21H,16H2,1-6H3. The molecule has 0 N–H and O–H groups in total. The topological polar surface area (TPSA) is 20.3 Å². The monoisotopic (exact) mass is 349 g/mol. The van der Waals surface area contributed by atoms with Crippen molar-refractivity contribution in [2.24, 2.45) is 5.41 Å². The lowest BCUT2D eigenvalue weighted by Gasteiger charge is -2.41. The smallest absolute Gasteiger partial charge is 0.254 e. The van der Waals surface area contributed by atoms with E-state index in [2.05, 4.69) is 88.9 Å². The van der Waals surface area contributed by atoms with Crippen molar-refractivity contribution in [3.8, 4) is 0 Å². The Hall–Kier alpha value is -2.09. The van der Waals surface area contributed by atoms with Gasteiger partial charge in [-0.05, 0) is 49.3 Å². The van der Waals surface area contributed by atoms with E-state index in [1.807, 2.05) is 12.1 Å². The number of carbonyl (C=O) groups excluding carboxylic acids is 1. The van der Waals surface area contributed by atoms with E-state index in [1.165, 1.54) is 11.1 Å². The molecule has 2 heteroatoms. The van der Waals surface area contributed by atoms with Crippen LogP contribution in [0.1, 0.15) is 74.9 Å². The van der Waals surface area contributed by atoms with E-state index in [4.69, 9.17) is 0 Å². The van der Waals surface area contributed by atoms with E-state index in [0.717, 1.165) is 12.1 Å². The molecule has 2 atom stereocenters. The molecule has 2 nitrogen and oxygen atoms in total. The van der Waals surface area contributed by atoms with Gasteiger partial charge in [-0.1, -0.05) is 69.3 Å². The molecule has 1 aliphatic heterocycles. The summed E-state index contributed by atoms with van der Waals surface area (Å²) in [7, 11) is 0. The maximum Gasteiger partial charge on any atom is 0.254 e. The zero-order valence-electron chi connectivity index (χ0n) is 16.9. The molecule has 138 valence electrons. The number of nitrogens with zero attached hydrogens (tertiary/aromatic N) is 1. The first-order chi connectivity index (χ1) is 12.1. The molecule has 2 unspecified atom stereocenters. The average molecular weight is 350 g/mol. The van der Waals surface area contributed by atoms with Gasteiger partial charge in [0.25, 0.3) is 5.91 Å². The highest BCUT2D eigenvalue weighted by Crippen LogP contribution is 2.49. The minimum Gasteiger partial charge on any atom is -0.333 e. The largest absolute Gasteiger partial charge is 0.333 e. The van der Waals surface area contributed by atoms with Gasteiger partial charge in [0, 0.05) is 23.6 Å². The van der Waals surface area contributed by atoms with Crippen LogP contribution in [-0.2, 0) is 0 Å². The lowest BCUT2D eigenvalue weighted by molar-refractivity contribution is 0.0560. The molecule has 1 amide bonds. The summed E-state index contributed by atoms with van der Waals surface area (Å²) in [4.78, 5) is 15.5. The van der Waals surface area contributed by atoms with Crippen molar-refractivity contribution < 1.29 is 4.79 Å². The second-order valence-corrected chi connectivity index (χ2v) is 9.53. The third-order valence-corrected chi connectivity index (χ3v) is 5.52. The van der Waals surface area contributed by atoms with Gasteiger partial charge in [-0.2, -0.15) is 0 Å². The van der Waals surface area contributed by atoms with Crippen molar-refractivity contribution in [1.29, 1.82) is 0 Å². The number of hydrogen-bond acceptors (Lipinski definition) is 1. The normalized spacial score (nSPS) is 21.3. The van der Waals surface area contributed by atoms with E-state index >= 15 is 0 Å². The molecule has 26 heavy (non-hydrogen) atoms. The molecule has 0 radical (unpaired) electrons. The van der Waals surface area contributed by atoms with Gasteiger partial charge in [-0.25, -0.2) is 0 Å². The van der Waals surface area contributed by atoms with Crippen LogP contribution in [-0.4, -0.2) is 22.9 Å². The molecule has 3 rings (SSSR count). The van der Waals surface area contributed by atoms with Crippen LogP contribution in [0.15, 0.2) is 54.6 Å². The van der Waals surface area contributed by atoms with Crippen LogP contribution in [0.3, 0.4) is 0 Å². The van der Waals surface area contributed by atoms with E-state index in [1.54, 1.807) is 0 Å². The Balaban J connectivity index is 2.26. The molecule has 0 spiro atoms. The number of hydrogen-bond donors (Lipinski definition) is 0. The minimum absolute atomic E-state index is 0.0464. The van der Waals surface area contributed by atoms with Gasteiger partial charge < -0.3 is 4.90 Å². The third kappa shape index (κ3) is 3.42. The lowest BCUT2D eigenvalue weighted by atomic mass is 9.67. The number of rotatable bonds is 1. The van der Waals surface area contributed by atoms with Crippen LogP contribution in [0, 0.1) is 5.41 Å². The first kappa shape index (κ1) is 18.7. The van der Waals surface area contributed by atoms with Crippen molar-refractivity contribution >= 4 is 5.91 Å². The number of fused-ring (bicyclic) bond motifs is 1. The number of benzene rings is 2. The zero-order valence-corrected chi connectivity index (χ0v) is 16.9. The maximum absolute atomic E-state index is 13.5. The third-order valence-electron chi connectivity index (χ3n) is 5.52. The summed E-state index contributed by atoms with van der Waals surface area (Å²) in [6.07, 6.45) is 0.